The molecule has 10 heavy (non-hydrogen) atoms. The summed E-state index contributed by atoms with van der Waals surface area (Å²) in [5, 5.41) is 0. The Labute approximate surface area is 54.3 Å². The van der Waals surface area contributed by atoms with Gasteiger partial charge >= 0.3 is 12.1 Å². The van der Waals surface area contributed by atoms with E-state index in [0.717, 1.165) is 6.26 Å². The summed E-state index contributed by atoms with van der Waals surface area (Å²) in [4.78, 5) is 10.2. The van der Waals surface area contributed by atoms with Crippen LogP contribution in [0.4, 0.5) is 13.2 Å². The fourth-order valence-electron chi connectivity index (χ4n) is 0.580. The Morgan fingerprint density at radius 3 is 2.30 bits per heavy atom. The largest absolute Gasteiger partial charge is 0.434 e. The lowest BCUT2D eigenvalue weighted by Gasteiger charge is -2.07. The monoisotopic (exact) mass is 152 g/mol. The molecule has 0 saturated carbocycles. The molecular weight excluding hydrogens is 149 g/mol. The number of ether oxygens (including phenoxy) is 1. The summed E-state index contributed by atoms with van der Waals surface area (Å²) in [6.45, 7) is 0. The predicted molar refractivity (Wildman–Crippen MR) is 24.8 cm³/mol. The van der Waals surface area contributed by atoms with E-state index in [1.54, 1.807) is 0 Å². The van der Waals surface area contributed by atoms with Crippen LogP contribution in [0.15, 0.2) is 12.3 Å². The van der Waals surface area contributed by atoms with Crippen LogP contribution in [0.25, 0.3) is 0 Å². The Hall–Kier alpha value is -1.00. The summed E-state index contributed by atoms with van der Waals surface area (Å²) in [6, 6.07) is 0. The van der Waals surface area contributed by atoms with Gasteiger partial charge in [-0.1, -0.05) is 0 Å². The number of hydrogen-bond acceptors (Lipinski definition) is 2. The van der Waals surface area contributed by atoms with E-state index in [4.69, 9.17) is 0 Å². The molecule has 0 aromatic carbocycles. The molecular formula is C5H3F3O2. The maximum Gasteiger partial charge on any atom is 0.405 e. The van der Waals surface area contributed by atoms with Crippen molar-refractivity contribution in [2.75, 3.05) is 0 Å². The minimum atomic E-state index is -4.51. The lowest BCUT2D eigenvalue weighted by molar-refractivity contribution is -0.180. The van der Waals surface area contributed by atoms with E-state index in [0.29, 0.717) is 6.08 Å². The van der Waals surface area contributed by atoms with E-state index >= 15 is 0 Å². The molecule has 0 spiro atoms. The summed E-state index contributed by atoms with van der Waals surface area (Å²) in [6.07, 6.45) is -3.08. The van der Waals surface area contributed by atoms with Gasteiger partial charge in [0.1, 0.15) is 0 Å². The Morgan fingerprint density at radius 2 is 2.10 bits per heavy atom. The average Bonchev–Trinajstić information content (AvgIpc) is 2.11. The van der Waals surface area contributed by atoms with Crippen LogP contribution in [0.1, 0.15) is 0 Å². The molecule has 0 aromatic rings. The third-order valence-electron chi connectivity index (χ3n) is 1.06. The van der Waals surface area contributed by atoms with E-state index in [1.807, 2.05) is 0 Å². The van der Waals surface area contributed by atoms with Crippen LogP contribution in [0.2, 0.25) is 0 Å². The minimum Gasteiger partial charge on any atom is -0.434 e. The van der Waals surface area contributed by atoms with E-state index in [9.17, 15) is 18.0 Å². The van der Waals surface area contributed by atoms with Crippen LogP contribution < -0.4 is 0 Å². The quantitative estimate of drug-likeness (QED) is 0.488. The molecule has 0 fully saturated rings. The molecule has 1 aliphatic rings. The molecule has 0 N–H and O–H groups in total. The Balaban J connectivity index is 2.73. The summed E-state index contributed by atoms with van der Waals surface area (Å²) in [5.41, 5.74) is 0. The number of alkyl halides is 3. The molecule has 1 atom stereocenters. The SMILES string of the molecule is O=C1OC=CC1C(F)(F)F. The van der Waals surface area contributed by atoms with Crippen molar-refractivity contribution >= 4 is 5.97 Å². The molecule has 0 bridgehead atoms. The van der Waals surface area contributed by atoms with E-state index < -0.39 is 18.1 Å². The van der Waals surface area contributed by atoms with Crippen molar-refractivity contribution in [1.82, 2.24) is 0 Å². The van der Waals surface area contributed by atoms with Gasteiger partial charge in [-0.3, -0.25) is 4.79 Å². The smallest absolute Gasteiger partial charge is 0.405 e. The molecule has 0 saturated heterocycles. The van der Waals surface area contributed by atoms with Crippen molar-refractivity contribution < 1.29 is 22.7 Å². The van der Waals surface area contributed by atoms with Crippen LogP contribution in [0.3, 0.4) is 0 Å². The molecule has 2 nitrogen and oxygen atoms in total. The number of esters is 1. The molecule has 0 amide bonds. The van der Waals surface area contributed by atoms with Gasteiger partial charge in [0.2, 0.25) is 0 Å². The van der Waals surface area contributed by atoms with Gasteiger partial charge in [-0.25, -0.2) is 0 Å². The highest BCUT2D eigenvalue weighted by molar-refractivity contribution is 5.78. The number of cyclic esters (lactones) is 1. The number of rotatable bonds is 0. The van der Waals surface area contributed by atoms with Gasteiger partial charge in [0, 0.05) is 0 Å². The van der Waals surface area contributed by atoms with Crippen molar-refractivity contribution in [1.29, 1.82) is 0 Å². The van der Waals surface area contributed by atoms with Crippen LogP contribution in [0.5, 0.6) is 0 Å². The molecule has 5 heteroatoms. The maximum absolute atomic E-state index is 11.7. The van der Waals surface area contributed by atoms with Crippen molar-refractivity contribution in [3.05, 3.63) is 12.3 Å². The molecule has 56 valence electrons. The highest BCUT2D eigenvalue weighted by Gasteiger charge is 2.46. The second-order valence-corrected chi connectivity index (χ2v) is 1.78. The van der Waals surface area contributed by atoms with E-state index in [1.165, 1.54) is 0 Å². The number of carbonyl (C=O) groups is 1. The second kappa shape index (κ2) is 2.00. The molecule has 0 aliphatic carbocycles. The molecule has 0 radical (unpaired) electrons. The normalized spacial score (nSPS) is 25.1. The second-order valence-electron chi connectivity index (χ2n) is 1.78. The van der Waals surface area contributed by atoms with Crippen molar-refractivity contribution in [3.63, 3.8) is 0 Å². The van der Waals surface area contributed by atoms with E-state index in [-0.39, 0.29) is 0 Å². The van der Waals surface area contributed by atoms with Gasteiger partial charge in [-0.05, 0) is 6.08 Å². The Kier molecular flexibility index (Phi) is 1.42. The van der Waals surface area contributed by atoms with Gasteiger partial charge in [-0.2, -0.15) is 13.2 Å². The fraction of sp³-hybridized carbons (Fsp3) is 0.400. The van der Waals surface area contributed by atoms with E-state index in [2.05, 4.69) is 4.74 Å². The summed E-state index contributed by atoms with van der Waals surface area (Å²) in [7, 11) is 0. The van der Waals surface area contributed by atoms with Crippen molar-refractivity contribution in [2.45, 2.75) is 6.18 Å². The average molecular weight is 152 g/mol. The molecule has 0 aromatic heterocycles. The maximum atomic E-state index is 11.7. The van der Waals surface area contributed by atoms with Gasteiger partial charge in [-0.15, -0.1) is 0 Å². The van der Waals surface area contributed by atoms with Crippen molar-refractivity contribution in [2.24, 2.45) is 5.92 Å². The number of halogens is 3. The lowest BCUT2D eigenvalue weighted by Crippen LogP contribution is -2.26. The Morgan fingerprint density at radius 1 is 1.50 bits per heavy atom. The third kappa shape index (κ3) is 1.12. The summed E-state index contributed by atoms with van der Waals surface area (Å²) < 4.78 is 38.9. The van der Waals surface area contributed by atoms with Gasteiger partial charge < -0.3 is 4.74 Å². The van der Waals surface area contributed by atoms with Crippen LogP contribution in [-0.4, -0.2) is 12.1 Å². The molecule has 1 aliphatic heterocycles. The van der Waals surface area contributed by atoms with Crippen molar-refractivity contribution in [3.8, 4) is 0 Å². The molecule has 1 unspecified atom stereocenters. The first-order valence-corrected chi connectivity index (χ1v) is 2.45. The Bertz CT molecular complexity index is 182. The van der Waals surface area contributed by atoms with Gasteiger partial charge in [0.05, 0.1) is 6.26 Å². The zero-order valence-corrected chi connectivity index (χ0v) is 4.68. The standard InChI is InChI=1S/C5H3F3O2/c6-5(7,8)3-1-2-10-4(3)9/h1-3H. The first-order valence-electron chi connectivity index (χ1n) is 2.45. The van der Waals surface area contributed by atoms with Gasteiger partial charge in [0.15, 0.2) is 5.92 Å². The zero-order chi connectivity index (χ0) is 7.78. The summed E-state index contributed by atoms with van der Waals surface area (Å²) >= 11 is 0. The first-order chi connectivity index (χ1) is 4.52. The highest BCUT2D eigenvalue weighted by atomic mass is 19.4. The molecule has 1 heterocycles. The predicted octanol–water partition coefficient (Wildman–Crippen LogP) is 1.24. The topological polar surface area (TPSA) is 26.3 Å². The zero-order valence-electron chi connectivity index (χ0n) is 4.68. The highest BCUT2D eigenvalue weighted by Crippen LogP contribution is 2.30. The first kappa shape index (κ1) is 7.11. The number of carbonyl (C=O) groups excluding carboxylic acids is 1. The van der Waals surface area contributed by atoms with Crippen LogP contribution in [-0.2, 0) is 9.53 Å². The lowest BCUT2D eigenvalue weighted by atomic mass is 10.1. The summed E-state index contributed by atoms with van der Waals surface area (Å²) in [5.74, 6) is -3.32. The fourth-order valence-corrected chi connectivity index (χ4v) is 0.580. The molecule has 1 rings (SSSR count). The number of hydrogen-bond donors (Lipinski definition) is 0. The minimum absolute atomic E-state index is 0.683. The van der Waals surface area contributed by atoms with Crippen LogP contribution in [0, 0.1) is 5.92 Å². The van der Waals surface area contributed by atoms with Gasteiger partial charge in [0.25, 0.3) is 0 Å². The van der Waals surface area contributed by atoms with Crippen LogP contribution >= 0.6 is 0 Å². The third-order valence-corrected chi connectivity index (χ3v) is 1.06.